The second kappa shape index (κ2) is 7.51. The molecule has 3 aromatic rings. The van der Waals surface area contributed by atoms with Gasteiger partial charge in [-0.3, -0.25) is 9.89 Å². The van der Waals surface area contributed by atoms with E-state index in [9.17, 15) is 4.79 Å². The van der Waals surface area contributed by atoms with Crippen LogP contribution in [0.1, 0.15) is 17.4 Å². The summed E-state index contributed by atoms with van der Waals surface area (Å²) < 4.78 is 5.21. The van der Waals surface area contributed by atoms with Crippen molar-refractivity contribution in [3.05, 3.63) is 75.9 Å². The molecule has 0 saturated heterocycles. The number of aromatic amines is 1. The van der Waals surface area contributed by atoms with Gasteiger partial charge in [0, 0.05) is 27.7 Å². The molecule has 0 aliphatic rings. The summed E-state index contributed by atoms with van der Waals surface area (Å²) in [6.07, 6.45) is 0.0703. The molecule has 24 heavy (non-hydrogen) atoms. The summed E-state index contributed by atoms with van der Waals surface area (Å²) >= 11 is 11.9. The smallest absolute Gasteiger partial charge is 0.293 e. The lowest BCUT2D eigenvalue weighted by molar-refractivity contribution is -0.133. The van der Waals surface area contributed by atoms with Crippen LogP contribution >= 0.6 is 23.2 Å². The van der Waals surface area contributed by atoms with Crippen molar-refractivity contribution >= 4 is 29.7 Å². The molecule has 0 radical (unpaired) electrons. The summed E-state index contributed by atoms with van der Waals surface area (Å²) in [7, 11) is 0. The van der Waals surface area contributed by atoms with Crippen LogP contribution in [0.15, 0.2) is 54.6 Å². The highest BCUT2D eigenvalue weighted by Crippen LogP contribution is 2.26. The van der Waals surface area contributed by atoms with Gasteiger partial charge in [0.05, 0.1) is 5.69 Å². The van der Waals surface area contributed by atoms with Crippen molar-refractivity contribution in [1.29, 1.82) is 0 Å². The van der Waals surface area contributed by atoms with Crippen molar-refractivity contribution in [3.63, 3.8) is 0 Å². The second-order valence-corrected chi connectivity index (χ2v) is 6.14. The third kappa shape index (κ3) is 3.96. The fraction of sp³-hybridized carbons (Fsp3) is 0.111. The lowest BCUT2D eigenvalue weighted by Gasteiger charge is -2.14. The fourth-order valence-corrected chi connectivity index (χ4v) is 2.77. The first kappa shape index (κ1) is 16.6. The van der Waals surface area contributed by atoms with Crippen LogP contribution in [0.25, 0.3) is 11.3 Å². The fourth-order valence-electron chi connectivity index (χ4n) is 2.45. The van der Waals surface area contributed by atoms with Crippen LogP contribution in [0.2, 0.25) is 10.0 Å². The molecule has 1 atom stereocenters. The van der Waals surface area contributed by atoms with Crippen molar-refractivity contribution in [2.24, 2.45) is 0 Å². The lowest BCUT2D eigenvalue weighted by atomic mass is 10.0. The van der Waals surface area contributed by atoms with E-state index in [1.54, 1.807) is 12.1 Å². The number of nitrogens with one attached hydrogen (secondary N) is 1. The Kier molecular flexibility index (Phi) is 5.18. The van der Waals surface area contributed by atoms with Gasteiger partial charge in [-0.25, -0.2) is 0 Å². The molecule has 1 heterocycles. The molecule has 0 aliphatic heterocycles. The van der Waals surface area contributed by atoms with E-state index in [1.807, 2.05) is 42.5 Å². The number of carbonyl (C=O) groups is 1. The zero-order valence-electron chi connectivity index (χ0n) is 12.6. The highest BCUT2D eigenvalue weighted by Gasteiger charge is 2.15. The molecule has 1 unspecified atom stereocenters. The number of benzene rings is 2. The molecule has 0 spiro atoms. The largest absolute Gasteiger partial charge is 0.459 e. The molecule has 0 saturated carbocycles. The van der Waals surface area contributed by atoms with Crippen LogP contribution in [0, 0.1) is 0 Å². The number of nitrogens with zero attached hydrogens (tertiary/aromatic N) is 1. The average Bonchev–Trinajstić information content (AvgIpc) is 3.04. The summed E-state index contributed by atoms with van der Waals surface area (Å²) in [6.45, 7) is 0.452. The van der Waals surface area contributed by atoms with Crippen molar-refractivity contribution in [2.75, 3.05) is 0 Å². The van der Waals surface area contributed by atoms with Crippen LogP contribution in [0.3, 0.4) is 0 Å². The molecule has 122 valence electrons. The Balaban J connectivity index is 1.80. The first-order chi connectivity index (χ1) is 11.7. The van der Waals surface area contributed by atoms with E-state index in [0.29, 0.717) is 22.9 Å². The van der Waals surface area contributed by atoms with Gasteiger partial charge < -0.3 is 4.74 Å². The Morgan fingerprint density at radius 1 is 1.08 bits per heavy atom. The molecule has 3 rings (SSSR count). The van der Waals surface area contributed by atoms with E-state index < -0.39 is 6.10 Å². The molecule has 0 amide bonds. The maximum Gasteiger partial charge on any atom is 0.293 e. The molecular weight excluding hydrogens is 347 g/mol. The van der Waals surface area contributed by atoms with E-state index >= 15 is 0 Å². The Bertz CT molecular complexity index is 831. The highest BCUT2D eigenvalue weighted by atomic mass is 35.5. The average molecular weight is 361 g/mol. The molecular formula is C18H14Cl2N2O2. The zero-order chi connectivity index (χ0) is 16.9. The number of rotatable bonds is 6. The van der Waals surface area contributed by atoms with Gasteiger partial charge in [-0.15, -0.1) is 0 Å². The van der Waals surface area contributed by atoms with Crippen LogP contribution in [-0.2, 0) is 16.0 Å². The summed E-state index contributed by atoms with van der Waals surface area (Å²) in [5, 5.41) is 8.56. The van der Waals surface area contributed by atoms with E-state index in [0.717, 1.165) is 22.5 Å². The first-order valence-corrected chi connectivity index (χ1v) is 8.06. The molecule has 1 N–H and O–H groups in total. The minimum atomic E-state index is -0.410. The van der Waals surface area contributed by atoms with E-state index in [4.69, 9.17) is 27.9 Å². The van der Waals surface area contributed by atoms with Crippen LogP contribution in [0.4, 0.5) is 0 Å². The van der Waals surface area contributed by atoms with Gasteiger partial charge in [0.15, 0.2) is 0 Å². The molecule has 2 aromatic carbocycles. The Morgan fingerprint density at radius 3 is 2.58 bits per heavy atom. The number of H-pyrrole nitrogens is 1. The summed E-state index contributed by atoms with van der Waals surface area (Å²) in [5.74, 6) is 0. The Hall–Kier alpha value is -2.30. The van der Waals surface area contributed by atoms with Crippen molar-refractivity contribution in [2.45, 2.75) is 12.5 Å². The third-order valence-corrected chi connectivity index (χ3v) is 4.11. The Labute approximate surface area is 149 Å². The van der Waals surface area contributed by atoms with E-state index in [1.165, 1.54) is 0 Å². The van der Waals surface area contributed by atoms with Crippen LogP contribution in [-0.4, -0.2) is 16.7 Å². The zero-order valence-corrected chi connectivity index (χ0v) is 14.1. The minimum Gasteiger partial charge on any atom is -0.459 e. The number of halogens is 2. The molecule has 4 nitrogen and oxygen atoms in total. The summed E-state index contributed by atoms with van der Waals surface area (Å²) in [5.41, 5.74) is 3.43. The molecule has 6 heteroatoms. The topological polar surface area (TPSA) is 55.0 Å². The van der Waals surface area contributed by atoms with Gasteiger partial charge in [-0.2, -0.15) is 5.10 Å². The summed E-state index contributed by atoms with van der Waals surface area (Å²) in [6, 6.07) is 16.6. The molecule has 0 aliphatic carbocycles. The number of hydrogen-bond acceptors (Lipinski definition) is 3. The number of aromatic nitrogens is 2. The molecule has 1 aromatic heterocycles. The van der Waals surface area contributed by atoms with Gasteiger partial charge in [-0.1, -0.05) is 47.5 Å². The first-order valence-electron chi connectivity index (χ1n) is 7.30. The van der Waals surface area contributed by atoms with Gasteiger partial charge in [-0.05, 0) is 35.9 Å². The maximum atomic E-state index is 10.8. The minimum absolute atomic E-state index is 0.410. The van der Waals surface area contributed by atoms with Gasteiger partial charge in [0.25, 0.3) is 6.47 Å². The second-order valence-electron chi connectivity index (χ2n) is 5.27. The van der Waals surface area contributed by atoms with Gasteiger partial charge >= 0.3 is 0 Å². The van der Waals surface area contributed by atoms with Crippen molar-refractivity contribution < 1.29 is 9.53 Å². The van der Waals surface area contributed by atoms with Crippen LogP contribution in [0.5, 0.6) is 0 Å². The standard InChI is InChI=1S/C18H14Cl2N2O2/c19-14-6-4-12(5-7-14)18(24-11-23)10-16-9-17(22-21-16)13-2-1-3-15(20)8-13/h1-9,11,18H,10H2,(H,21,22). The SMILES string of the molecule is O=COC(Cc1cc(-c2cccc(Cl)c2)n[nH]1)c1ccc(Cl)cc1. The highest BCUT2D eigenvalue weighted by molar-refractivity contribution is 6.31. The quantitative estimate of drug-likeness (QED) is 0.639. The number of hydrogen-bond donors (Lipinski definition) is 1. The van der Waals surface area contributed by atoms with Gasteiger partial charge in [0.1, 0.15) is 6.10 Å². The van der Waals surface area contributed by atoms with Crippen LogP contribution < -0.4 is 0 Å². The monoisotopic (exact) mass is 360 g/mol. The predicted molar refractivity (Wildman–Crippen MR) is 94.1 cm³/mol. The number of ether oxygens (including phenoxy) is 1. The Morgan fingerprint density at radius 2 is 1.88 bits per heavy atom. The normalized spacial score (nSPS) is 11.9. The molecule has 0 bridgehead atoms. The maximum absolute atomic E-state index is 10.8. The lowest BCUT2D eigenvalue weighted by Crippen LogP contribution is -2.07. The van der Waals surface area contributed by atoms with Crippen molar-refractivity contribution in [1.82, 2.24) is 10.2 Å². The van der Waals surface area contributed by atoms with E-state index in [2.05, 4.69) is 10.2 Å². The van der Waals surface area contributed by atoms with Gasteiger partial charge in [0.2, 0.25) is 0 Å². The van der Waals surface area contributed by atoms with E-state index in [-0.39, 0.29) is 0 Å². The predicted octanol–water partition coefficient (Wildman–Crippen LogP) is 4.84. The summed E-state index contributed by atoms with van der Waals surface area (Å²) in [4.78, 5) is 10.8. The van der Waals surface area contributed by atoms with Crippen molar-refractivity contribution in [3.8, 4) is 11.3 Å². The molecule has 0 fully saturated rings. The number of carbonyl (C=O) groups excluding carboxylic acids is 1. The third-order valence-electron chi connectivity index (χ3n) is 3.62.